The molecule has 0 aliphatic heterocycles. The summed E-state index contributed by atoms with van der Waals surface area (Å²) in [5, 5.41) is 10.9. The number of carbonyl (C=O) groups excluding carboxylic acids is 1. The zero-order valence-electron chi connectivity index (χ0n) is 12.6. The maximum atomic E-state index is 11.2. The number of thioether (sulfide) groups is 1. The lowest BCUT2D eigenvalue weighted by Gasteiger charge is -2.18. The number of carbonyl (C=O) groups is 1. The van der Waals surface area contributed by atoms with E-state index in [0.717, 1.165) is 5.56 Å². The average molecular weight is 305 g/mol. The van der Waals surface area contributed by atoms with Gasteiger partial charge in [0.05, 0.1) is 5.75 Å². The van der Waals surface area contributed by atoms with Crippen LogP contribution in [-0.2, 0) is 10.2 Å². The molecular weight excluding hydrogens is 286 g/mol. The molecule has 112 valence electrons. The second-order valence-electron chi connectivity index (χ2n) is 5.66. The molecule has 0 bridgehead atoms. The highest BCUT2D eigenvalue weighted by Gasteiger charge is 2.15. The fourth-order valence-corrected chi connectivity index (χ4v) is 2.33. The van der Waals surface area contributed by atoms with Crippen LogP contribution in [0.5, 0.6) is 0 Å². The minimum atomic E-state index is -0.0747. The Hall–Kier alpha value is -1.82. The number of aromatic nitrogens is 2. The number of rotatable bonds is 4. The molecule has 1 aromatic heterocycles. The zero-order chi connectivity index (χ0) is 15.5. The molecule has 0 unspecified atom stereocenters. The first-order valence-corrected chi connectivity index (χ1v) is 7.66. The molecule has 1 heterocycles. The van der Waals surface area contributed by atoms with E-state index in [1.807, 2.05) is 12.1 Å². The van der Waals surface area contributed by atoms with Gasteiger partial charge in [-0.2, -0.15) is 0 Å². The van der Waals surface area contributed by atoms with E-state index in [0.29, 0.717) is 11.1 Å². The molecule has 1 amide bonds. The van der Waals surface area contributed by atoms with E-state index < -0.39 is 0 Å². The van der Waals surface area contributed by atoms with E-state index in [9.17, 15) is 4.79 Å². The molecule has 1 N–H and O–H groups in total. The van der Waals surface area contributed by atoms with Gasteiger partial charge in [0.1, 0.15) is 0 Å². The standard InChI is InChI=1S/C15H19N3O2S/c1-15(2,3)11-7-5-10(6-8-11)13-17-18-14(20-13)21-9-12(19)16-4/h5-8H,9H2,1-4H3,(H,16,19). The Morgan fingerprint density at radius 1 is 1.24 bits per heavy atom. The number of amides is 1. The molecule has 0 atom stereocenters. The molecule has 6 heteroatoms. The molecule has 21 heavy (non-hydrogen) atoms. The monoisotopic (exact) mass is 305 g/mol. The summed E-state index contributed by atoms with van der Waals surface area (Å²) in [6, 6.07) is 8.08. The van der Waals surface area contributed by atoms with E-state index in [2.05, 4.69) is 48.4 Å². The molecular formula is C15H19N3O2S. The maximum Gasteiger partial charge on any atom is 0.277 e. The zero-order valence-corrected chi connectivity index (χ0v) is 13.5. The van der Waals surface area contributed by atoms with Crippen LogP contribution < -0.4 is 5.32 Å². The van der Waals surface area contributed by atoms with Crippen molar-refractivity contribution in [3.8, 4) is 11.5 Å². The van der Waals surface area contributed by atoms with Gasteiger partial charge in [-0.1, -0.05) is 44.7 Å². The van der Waals surface area contributed by atoms with E-state index >= 15 is 0 Å². The Balaban J connectivity index is 2.09. The number of nitrogens with one attached hydrogen (secondary N) is 1. The van der Waals surface area contributed by atoms with Crippen molar-refractivity contribution in [3.05, 3.63) is 29.8 Å². The van der Waals surface area contributed by atoms with Crippen LogP contribution in [0.1, 0.15) is 26.3 Å². The van der Waals surface area contributed by atoms with Crippen molar-refractivity contribution in [2.24, 2.45) is 0 Å². The second-order valence-corrected chi connectivity index (χ2v) is 6.59. The Bertz CT molecular complexity index is 615. The van der Waals surface area contributed by atoms with Gasteiger partial charge < -0.3 is 9.73 Å². The van der Waals surface area contributed by atoms with Crippen LogP contribution in [0.3, 0.4) is 0 Å². The number of benzene rings is 1. The first-order chi connectivity index (χ1) is 9.90. The molecule has 0 aliphatic rings. The van der Waals surface area contributed by atoms with Gasteiger partial charge in [-0.05, 0) is 23.1 Å². The van der Waals surface area contributed by atoms with Crippen molar-refractivity contribution in [1.82, 2.24) is 15.5 Å². The first kappa shape index (κ1) is 15.6. The van der Waals surface area contributed by atoms with Gasteiger partial charge in [0.2, 0.25) is 11.8 Å². The van der Waals surface area contributed by atoms with Crippen molar-refractivity contribution >= 4 is 17.7 Å². The van der Waals surface area contributed by atoms with Gasteiger partial charge in [0, 0.05) is 12.6 Å². The average Bonchev–Trinajstić information content (AvgIpc) is 2.93. The lowest BCUT2D eigenvalue weighted by atomic mass is 9.87. The highest BCUT2D eigenvalue weighted by molar-refractivity contribution is 7.99. The minimum absolute atomic E-state index is 0.0747. The van der Waals surface area contributed by atoms with E-state index in [1.54, 1.807) is 7.05 Å². The molecule has 0 saturated heterocycles. The molecule has 5 nitrogen and oxygen atoms in total. The van der Waals surface area contributed by atoms with Crippen LogP contribution in [-0.4, -0.2) is 28.9 Å². The third kappa shape index (κ3) is 4.07. The van der Waals surface area contributed by atoms with Gasteiger partial charge in [0.25, 0.3) is 5.22 Å². The SMILES string of the molecule is CNC(=O)CSc1nnc(-c2ccc(C(C)(C)C)cc2)o1. The second kappa shape index (κ2) is 6.30. The summed E-state index contributed by atoms with van der Waals surface area (Å²) in [6.07, 6.45) is 0. The van der Waals surface area contributed by atoms with Crippen molar-refractivity contribution < 1.29 is 9.21 Å². The molecule has 0 aliphatic carbocycles. The van der Waals surface area contributed by atoms with Crippen molar-refractivity contribution in [2.45, 2.75) is 31.4 Å². The topological polar surface area (TPSA) is 68.0 Å². The highest BCUT2D eigenvalue weighted by Crippen LogP contribution is 2.27. The lowest BCUT2D eigenvalue weighted by Crippen LogP contribution is -2.19. The third-order valence-electron chi connectivity index (χ3n) is 3.01. The predicted octanol–water partition coefficient (Wildman–Crippen LogP) is 2.87. The molecule has 0 saturated carbocycles. The quantitative estimate of drug-likeness (QED) is 0.880. The highest BCUT2D eigenvalue weighted by atomic mass is 32.2. The van der Waals surface area contributed by atoms with Gasteiger partial charge in [-0.3, -0.25) is 4.79 Å². The van der Waals surface area contributed by atoms with E-state index in [4.69, 9.17) is 4.42 Å². The predicted molar refractivity (Wildman–Crippen MR) is 83.2 cm³/mol. The Morgan fingerprint density at radius 2 is 1.90 bits per heavy atom. The summed E-state index contributed by atoms with van der Waals surface area (Å²) in [7, 11) is 1.60. The van der Waals surface area contributed by atoms with Crippen LogP contribution in [0.2, 0.25) is 0 Å². The number of hydrogen-bond donors (Lipinski definition) is 1. The van der Waals surface area contributed by atoms with Gasteiger partial charge >= 0.3 is 0 Å². The fourth-order valence-electron chi connectivity index (χ4n) is 1.70. The summed E-state index contributed by atoms with van der Waals surface area (Å²) < 4.78 is 5.55. The first-order valence-electron chi connectivity index (χ1n) is 6.68. The summed E-state index contributed by atoms with van der Waals surface area (Å²) in [5.74, 6) is 0.658. The van der Waals surface area contributed by atoms with Crippen LogP contribution in [0.4, 0.5) is 0 Å². The number of hydrogen-bond acceptors (Lipinski definition) is 5. The summed E-state index contributed by atoms with van der Waals surface area (Å²) in [5.41, 5.74) is 2.24. The van der Waals surface area contributed by atoms with Gasteiger partial charge in [0.15, 0.2) is 0 Å². The van der Waals surface area contributed by atoms with E-state index in [-0.39, 0.29) is 17.1 Å². The van der Waals surface area contributed by atoms with Crippen molar-refractivity contribution in [2.75, 3.05) is 12.8 Å². The van der Waals surface area contributed by atoms with E-state index in [1.165, 1.54) is 17.3 Å². The summed E-state index contributed by atoms with van der Waals surface area (Å²) in [4.78, 5) is 11.2. The molecule has 2 aromatic rings. The molecule has 0 spiro atoms. The minimum Gasteiger partial charge on any atom is -0.411 e. The maximum absolute atomic E-state index is 11.2. The number of nitrogens with zero attached hydrogens (tertiary/aromatic N) is 2. The van der Waals surface area contributed by atoms with Crippen LogP contribution >= 0.6 is 11.8 Å². The normalized spacial score (nSPS) is 11.4. The molecule has 2 rings (SSSR count). The Kier molecular flexibility index (Phi) is 4.67. The Labute approximate surface area is 128 Å². The lowest BCUT2D eigenvalue weighted by molar-refractivity contribution is -0.118. The largest absolute Gasteiger partial charge is 0.411 e. The summed E-state index contributed by atoms with van der Waals surface area (Å²) >= 11 is 1.22. The smallest absolute Gasteiger partial charge is 0.277 e. The Morgan fingerprint density at radius 3 is 2.48 bits per heavy atom. The van der Waals surface area contributed by atoms with Gasteiger partial charge in [-0.15, -0.1) is 10.2 Å². The van der Waals surface area contributed by atoms with Gasteiger partial charge in [-0.25, -0.2) is 0 Å². The third-order valence-corrected chi connectivity index (χ3v) is 3.83. The molecule has 0 fully saturated rings. The molecule has 1 aromatic carbocycles. The van der Waals surface area contributed by atoms with Crippen LogP contribution in [0.15, 0.2) is 33.9 Å². The van der Waals surface area contributed by atoms with Crippen LogP contribution in [0, 0.1) is 0 Å². The summed E-state index contributed by atoms with van der Waals surface area (Å²) in [6.45, 7) is 6.51. The molecule has 0 radical (unpaired) electrons. The van der Waals surface area contributed by atoms with Crippen molar-refractivity contribution in [3.63, 3.8) is 0 Å². The van der Waals surface area contributed by atoms with Crippen LogP contribution in [0.25, 0.3) is 11.5 Å². The fraction of sp³-hybridized carbons (Fsp3) is 0.400. The van der Waals surface area contributed by atoms with Crippen molar-refractivity contribution in [1.29, 1.82) is 0 Å².